The number of hydrogen-bond donors (Lipinski definition) is 3. The molecule has 0 atom stereocenters. The van der Waals surface area contributed by atoms with Crippen molar-refractivity contribution < 1.29 is 4.92 Å². The Balaban J connectivity index is 0.000000204. The van der Waals surface area contributed by atoms with E-state index in [4.69, 9.17) is 17.2 Å². The molecule has 0 saturated carbocycles. The molecule has 6 N–H and O–H groups in total. The van der Waals surface area contributed by atoms with Gasteiger partial charge in [-0.1, -0.05) is 0 Å². The fourth-order valence-corrected chi connectivity index (χ4v) is 1.96. The first-order valence-electron chi connectivity index (χ1n) is 5.03. The van der Waals surface area contributed by atoms with E-state index in [1.54, 1.807) is 12.3 Å². The standard InChI is InChI=1S/C5H4IN3O2.C5H6IN3/c6-3-1-4(9(10)11)5(7)8-2-3;6-3-1-4(7)5(8)9-2-3/h1-2H,(H2,7,8);1-2H,7H2,(H2,8,9). The van der Waals surface area contributed by atoms with E-state index in [0.29, 0.717) is 15.1 Å². The van der Waals surface area contributed by atoms with Crippen molar-refractivity contribution >= 4 is 68.2 Å². The van der Waals surface area contributed by atoms with Gasteiger partial charge in [0.1, 0.15) is 5.82 Å². The number of rotatable bonds is 1. The molecule has 8 nitrogen and oxygen atoms in total. The number of nitrogens with zero attached hydrogens (tertiary/aromatic N) is 3. The van der Waals surface area contributed by atoms with Crippen LogP contribution in [0.3, 0.4) is 0 Å². The van der Waals surface area contributed by atoms with Gasteiger partial charge >= 0.3 is 5.69 Å². The average molecular weight is 500 g/mol. The summed E-state index contributed by atoms with van der Waals surface area (Å²) in [6.07, 6.45) is 3.15. The number of nitrogen functional groups attached to an aromatic ring is 3. The molecule has 0 aliphatic carbocycles. The molecule has 0 bridgehead atoms. The SMILES string of the molecule is Nc1cc(I)cnc1N.Nc1ncc(I)cc1[N+](=O)[O-]. The van der Waals surface area contributed by atoms with Crippen molar-refractivity contribution in [2.24, 2.45) is 0 Å². The zero-order valence-electron chi connectivity index (χ0n) is 9.96. The third kappa shape index (κ3) is 4.92. The summed E-state index contributed by atoms with van der Waals surface area (Å²) in [4.78, 5) is 17.2. The van der Waals surface area contributed by atoms with Crippen LogP contribution in [0.25, 0.3) is 0 Å². The van der Waals surface area contributed by atoms with Crippen LogP contribution in [0.1, 0.15) is 0 Å². The maximum absolute atomic E-state index is 10.3. The van der Waals surface area contributed by atoms with Gasteiger partial charge < -0.3 is 17.2 Å². The van der Waals surface area contributed by atoms with Gasteiger partial charge in [0.25, 0.3) is 0 Å². The number of nitrogens with two attached hydrogens (primary N) is 3. The van der Waals surface area contributed by atoms with E-state index < -0.39 is 4.92 Å². The van der Waals surface area contributed by atoms with E-state index in [1.807, 2.05) is 22.6 Å². The molecule has 0 spiro atoms. The number of hydrogen-bond acceptors (Lipinski definition) is 7. The Morgan fingerprint density at radius 2 is 1.50 bits per heavy atom. The van der Waals surface area contributed by atoms with Crippen molar-refractivity contribution in [3.63, 3.8) is 0 Å². The molecule has 10 heteroatoms. The van der Waals surface area contributed by atoms with Crippen molar-refractivity contribution in [1.29, 1.82) is 0 Å². The summed E-state index contributed by atoms with van der Waals surface area (Å²) in [5, 5.41) is 10.3. The first kappa shape index (κ1) is 16.6. The molecule has 0 aliphatic heterocycles. The third-order valence-electron chi connectivity index (χ3n) is 1.98. The molecule has 0 aromatic carbocycles. The summed E-state index contributed by atoms with van der Waals surface area (Å²) in [6, 6.07) is 3.16. The molecular formula is C10H10I2N6O2. The Hall–Kier alpha value is -1.44. The minimum absolute atomic E-state index is 0.0459. The van der Waals surface area contributed by atoms with Gasteiger partial charge in [0.05, 0.1) is 10.6 Å². The lowest BCUT2D eigenvalue weighted by Crippen LogP contribution is -1.98. The number of aromatic nitrogens is 2. The summed E-state index contributed by atoms with van der Waals surface area (Å²) < 4.78 is 1.70. The normalized spacial score (nSPS) is 9.50. The molecule has 0 fully saturated rings. The van der Waals surface area contributed by atoms with E-state index in [2.05, 4.69) is 32.6 Å². The maximum atomic E-state index is 10.3. The van der Waals surface area contributed by atoms with Crippen LogP contribution in [0.2, 0.25) is 0 Å². The van der Waals surface area contributed by atoms with Crippen molar-refractivity contribution in [2.45, 2.75) is 0 Å². The van der Waals surface area contributed by atoms with E-state index in [1.165, 1.54) is 12.3 Å². The van der Waals surface area contributed by atoms with E-state index >= 15 is 0 Å². The van der Waals surface area contributed by atoms with Crippen LogP contribution in [-0.2, 0) is 0 Å². The second-order valence-electron chi connectivity index (χ2n) is 3.44. The van der Waals surface area contributed by atoms with Crippen LogP contribution >= 0.6 is 45.2 Å². The first-order valence-corrected chi connectivity index (χ1v) is 7.19. The topological polar surface area (TPSA) is 147 Å². The lowest BCUT2D eigenvalue weighted by molar-refractivity contribution is -0.384. The molecule has 0 radical (unpaired) electrons. The van der Waals surface area contributed by atoms with Gasteiger partial charge in [-0.2, -0.15) is 0 Å². The predicted octanol–water partition coefficient (Wildman–Crippen LogP) is 2.03. The van der Waals surface area contributed by atoms with Crippen LogP contribution in [-0.4, -0.2) is 14.9 Å². The minimum atomic E-state index is -0.551. The van der Waals surface area contributed by atoms with Crippen LogP contribution in [0, 0.1) is 17.3 Å². The van der Waals surface area contributed by atoms with Gasteiger partial charge in [-0.25, -0.2) is 9.97 Å². The second kappa shape index (κ2) is 7.37. The molecule has 0 aliphatic rings. The van der Waals surface area contributed by atoms with E-state index in [9.17, 15) is 10.1 Å². The smallest absolute Gasteiger partial charge is 0.312 e. The molecule has 0 unspecified atom stereocenters. The van der Waals surface area contributed by atoms with Gasteiger partial charge in [0.2, 0.25) is 5.82 Å². The zero-order chi connectivity index (χ0) is 15.3. The highest BCUT2D eigenvalue weighted by Crippen LogP contribution is 2.19. The van der Waals surface area contributed by atoms with Gasteiger partial charge in [-0.05, 0) is 51.2 Å². The van der Waals surface area contributed by atoms with E-state index in [-0.39, 0.29) is 11.5 Å². The third-order valence-corrected chi connectivity index (χ3v) is 3.16. The zero-order valence-corrected chi connectivity index (χ0v) is 14.3. The van der Waals surface area contributed by atoms with Gasteiger partial charge in [-0.15, -0.1) is 0 Å². The van der Waals surface area contributed by atoms with Gasteiger partial charge in [0, 0.05) is 25.6 Å². The van der Waals surface area contributed by atoms with Crippen molar-refractivity contribution in [2.75, 3.05) is 17.2 Å². The molecule has 2 aromatic heterocycles. The molecular weight excluding hydrogens is 490 g/mol. The van der Waals surface area contributed by atoms with Crippen LogP contribution in [0.4, 0.5) is 23.0 Å². The van der Waals surface area contributed by atoms with Gasteiger partial charge in [0.15, 0.2) is 0 Å². The molecule has 2 aromatic rings. The molecule has 106 valence electrons. The first-order chi connectivity index (χ1) is 9.31. The van der Waals surface area contributed by atoms with Crippen molar-refractivity contribution in [3.8, 4) is 0 Å². The quantitative estimate of drug-likeness (QED) is 0.309. The summed E-state index contributed by atoms with van der Waals surface area (Å²) in [5.41, 5.74) is 16.4. The average Bonchev–Trinajstić information content (AvgIpc) is 2.38. The second-order valence-corrected chi connectivity index (χ2v) is 5.93. The van der Waals surface area contributed by atoms with Crippen molar-refractivity contribution in [1.82, 2.24) is 9.97 Å². The lowest BCUT2D eigenvalue weighted by Gasteiger charge is -1.96. The Kier molecular flexibility index (Phi) is 6.12. The molecule has 0 amide bonds. The largest absolute Gasteiger partial charge is 0.396 e. The Bertz CT molecular complexity index is 637. The van der Waals surface area contributed by atoms with Crippen LogP contribution in [0.15, 0.2) is 24.5 Å². The minimum Gasteiger partial charge on any atom is -0.396 e. The fraction of sp³-hybridized carbons (Fsp3) is 0. The van der Waals surface area contributed by atoms with Crippen molar-refractivity contribution in [3.05, 3.63) is 41.8 Å². The Morgan fingerprint density at radius 1 is 1.00 bits per heavy atom. The summed E-state index contributed by atoms with van der Waals surface area (Å²) in [7, 11) is 0. The lowest BCUT2D eigenvalue weighted by atomic mass is 10.4. The number of halogens is 2. The summed E-state index contributed by atoms with van der Waals surface area (Å²) >= 11 is 4.06. The number of pyridine rings is 2. The van der Waals surface area contributed by atoms with Crippen LogP contribution < -0.4 is 17.2 Å². The summed E-state index contributed by atoms with van der Waals surface area (Å²) in [5.74, 6) is 0.353. The monoisotopic (exact) mass is 500 g/mol. The molecule has 2 heterocycles. The van der Waals surface area contributed by atoms with Gasteiger partial charge in [-0.3, -0.25) is 10.1 Å². The van der Waals surface area contributed by atoms with E-state index in [0.717, 1.165) is 3.57 Å². The molecule has 20 heavy (non-hydrogen) atoms. The molecule has 0 saturated heterocycles. The highest BCUT2D eigenvalue weighted by molar-refractivity contribution is 14.1. The highest BCUT2D eigenvalue weighted by atomic mass is 127. The Labute approximate surface area is 141 Å². The maximum Gasteiger partial charge on any atom is 0.312 e. The summed E-state index contributed by atoms with van der Waals surface area (Å²) in [6.45, 7) is 0. The fourth-order valence-electron chi connectivity index (χ4n) is 1.05. The van der Waals surface area contributed by atoms with Crippen LogP contribution in [0.5, 0.6) is 0 Å². The molecule has 2 rings (SSSR count). The predicted molar refractivity (Wildman–Crippen MR) is 93.8 cm³/mol. The number of anilines is 3. The Morgan fingerprint density at radius 3 is 1.90 bits per heavy atom. The number of nitro groups is 1. The highest BCUT2D eigenvalue weighted by Gasteiger charge is 2.11.